The van der Waals surface area contributed by atoms with Gasteiger partial charge in [-0.2, -0.15) is 0 Å². The zero-order valence-corrected chi connectivity index (χ0v) is 15.2. The van der Waals surface area contributed by atoms with Gasteiger partial charge in [0.05, 0.1) is 12.3 Å². The lowest BCUT2D eigenvalue weighted by atomic mass is 10.0. The molecule has 0 radical (unpaired) electrons. The van der Waals surface area contributed by atoms with Crippen LogP contribution in [0.4, 0.5) is 11.4 Å². The van der Waals surface area contributed by atoms with Crippen molar-refractivity contribution in [1.82, 2.24) is 0 Å². The maximum atomic E-state index is 12.1. The summed E-state index contributed by atoms with van der Waals surface area (Å²) in [7, 11) is 0. The van der Waals surface area contributed by atoms with Gasteiger partial charge in [-0.05, 0) is 50.5 Å². The van der Waals surface area contributed by atoms with Gasteiger partial charge in [0.1, 0.15) is 17.4 Å². The van der Waals surface area contributed by atoms with E-state index in [1.54, 1.807) is 18.2 Å². The molecule has 0 aromatic heterocycles. The highest BCUT2D eigenvalue weighted by molar-refractivity contribution is 6.02. The Morgan fingerprint density at radius 2 is 1.88 bits per heavy atom. The Labute approximate surface area is 148 Å². The number of hydrogen-bond acceptors (Lipinski definition) is 4. The Bertz CT molecular complexity index is 745. The number of nitrogens with one attached hydrogen (secondary N) is 1. The van der Waals surface area contributed by atoms with Crippen molar-refractivity contribution in [3.63, 3.8) is 0 Å². The first kappa shape index (κ1) is 18.8. The van der Waals surface area contributed by atoms with Gasteiger partial charge in [0.2, 0.25) is 0 Å². The lowest BCUT2D eigenvalue weighted by molar-refractivity contribution is 0.0966. The van der Waals surface area contributed by atoms with E-state index < -0.39 is 5.91 Å². The monoisotopic (exact) mass is 342 g/mol. The van der Waals surface area contributed by atoms with Gasteiger partial charge in [0.25, 0.3) is 5.91 Å². The normalized spacial score (nSPS) is 11.9. The van der Waals surface area contributed by atoms with Crippen LogP contribution in [0.15, 0.2) is 30.3 Å². The third-order valence-electron chi connectivity index (χ3n) is 4.16. The largest absolute Gasteiger partial charge is 0.487 e. The number of nitrogens with two attached hydrogens (primary N) is 1. The molecule has 0 bridgehead atoms. The second-order valence-electron chi connectivity index (χ2n) is 6.27. The van der Waals surface area contributed by atoms with Crippen molar-refractivity contribution in [2.75, 3.05) is 11.9 Å². The number of rotatable bonds is 7. The van der Waals surface area contributed by atoms with Crippen LogP contribution in [0.3, 0.4) is 0 Å². The fraction of sp³-hybridized carbons (Fsp3) is 0.350. The van der Waals surface area contributed by atoms with Crippen molar-refractivity contribution < 1.29 is 14.6 Å². The van der Waals surface area contributed by atoms with Gasteiger partial charge in [-0.3, -0.25) is 4.79 Å². The van der Waals surface area contributed by atoms with Crippen LogP contribution in [-0.4, -0.2) is 23.7 Å². The standard InChI is InChI=1S/C20H26N2O3/c1-5-15(11-23)25-17-8-6-7-16(18(17)20(21)24)22-19-13(3)9-12(2)10-14(19)4/h6-10,15,22-23H,5,11H2,1-4H3,(H2,21,24). The number of primary amides is 1. The van der Waals surface area contributed by atoms with Gasteiger partial charge in [-0.25, -0.2) is 0 Å². The van der Waals surface area contributed by atoms with Crippen LogP contribution in [-0.2, 0) is 0 Å². The highest BCUT2D eigenvalue weighted by Gasteiger charge is 2.19. The smallest absolute Gasteiger partial charge is 0.254 e. The van der Waals surface area contributed by atoms with Crippen LogP contribution >= 0.6 is 0 Å². The van der Waals surface area contributed by atoms with Gasteiger partial charge < -0.3 is 20.9 Å². The Morgan fingerprint density at radius 1 is 1.24 bits per heavy atom. The first-order chi connectivity index (χ1) is 11.9. The lowest BCUT2D eigenvalue weighted by Crippen LogP contribution is -2.23. The minimum Gasteiger partial charge on any atom is -0.487 e. The molecule has 0 spiro atoms. The zero-order chi connectivity index (χ0) is 18.6. The van der Waals surface area contributed by atoms with E-state index in [1.807, 2.05) is 27.7 Å². The summed E-state index contributed by atoms with van der Waals surface area (Å²) < 4.78 is 5.77. The van der Waals surface area contributed by atoms with Crippen LogP contribution in [0.25, 0.3) is 0 Å². The molecule has 25 heavy (non-hydrogen) atoms. The maximum absolute atomic E-state index is 12.1. The van der Waals surface area contributed by atoms with Crippen LogP contribution in [0.2, 0.25) is 0 Å². The molecule has 0 aliphatic rings. The molecule has 1 unspecified atom stereocenters. The summed E-state index contributed by atoms with van der Waals surface area (Å²) in [5.41, 5.74) is 10.8. The third kappa shape index (κ3) is 4.31. The highest BCUT2D eigenvalue weighted by Crippen LogP contribution is 2.32. The molecule has 1 amide bonds. The molecular weight excluding hydrogens is 316 g/mol. The maximum Gasteiger partial charge on any atom is 0.254 e. The number of carbonyl (C=O) groups excluding carboxylic acids is 1. The molecule has 1 atom stereocenters. The number of ether oxygens (including phenoxy) is 1. The number of aryl methyl sites for hydroxylation is 3. The number of benzene rings is 2. The number of carbonyl (C=O) groups is 1. The number of aliphatic hydroxyl groups is 1. The first-order valence-electron chi connectivity index (χ1n) is 8.42. The quantitative estimate of drug-likeness (QED) is 0.718. The molecule has 0 aliphatic heterocycles. The van der Waals surface area contributed by atoms with E-state index in [9.17, 15) is 9.90 Å². The molecule has 5 nitrogen and oxygen atoms in total. The predicted octanol–water partition coefficient (Wildman–Crippen LogP) is 3.60. The molecule has 0 fully saturated rings. The summed E-state index contributed by atoms with van der Waals surface area (Å²) >= 11 is 0. The highest BCUT2D eigenvalue weighted by atomic mass is 16.5. The third-order valence-corrected chi connectivity index (χ3v) is 4.16. The minimum atomic E-state index is -0.576. The van der Waals surface area contributed by atoms with Crippen molar-refractivity contribution >= 4 is 17.3 Å². The topological polar surface area (TPSA) is 84.6 Å². The Morgan fingerprint density at radius 3 is 2.40 bits per heavy atom. The molecule has 0 aliphatic carbocycles. The molecule has 134 valence electrons. The van der Waals surface area contributed by atoms with Gasteiger partial charge in [-0.1, -0.05) is 30.7 Å². The fourth-order valence-electron chi connectivity index (χ4n) is 2.93. The molecule has 2 rings (SSSR count). The Balaban J connectivity index is 2.47. The van der Waals surface area contributed by atoms with Crippen LogP contribution in [0.5, 0.6) is 5.75 Å². The average molecular weight is 342 g/mol. The van der Waals surface area contributed by atoms with Gasteiger partial charge in [0.15, 0.2) is 0 Å². The van der Waals surface area contributed by atoms with Gasteiger partial charge in [-0.15, -0.1) is 0 Å². The molecule has 0 saturated carbocycles. The minimum absolute atomic E-state index is 0.122. The van der Waals surface area contributed by atoms with Crippen molar-refractivity contribution in [1.29, 1.82) is 0 Å². The molecule has 2 aromatic carbocycles. The van der Waals surface area contributed by atoms with Crippen LogP contribution in [0.1, 0.15) is 40.4 Å². The SMILES string of the molecule is CCC(CO)Oc1cccc(Nc2c(C)cc(C)cc2C)c1C(N)=O. The van der Waals surface area contributed by atoms with E-state index in [2.05, 4.69) is 17.4 Å². The number of aliphatic hydroxyl groups excluding tert-OH is 1. The molecule has 0 heterocycles. The van der Waals surface area contributed by atoms with Crippen molar-refractivity contribution in [2.24, 2.45) is 5.73 Å². The summed E-state index contributed by atoms with van der Waals surface area (Å²) in [6, 6.07) is 9.45. The van der Waals surface area contributed by atoms with Crippen molar-refractivity contribution in [3.05, 3.63) is 52.6 Å². The summed E-state index contributed by atoms with van der Waals surface area (Å²) in [6.07, 6.45) is 0.249. The van der Waals surface area contributed by atoms with E-state index in [-0.39, 0.29) is 18.3 Å². The number of anilines is 2. The van der Waals surface area contributed by atoms with E-state index in [1.165, 1.54) is 5.56 Å². The van der Waals surface area contributed by atoms with Crippen molar-refractivity contribution in [2.45, 2.75) is 40.2 Å². The zero-order valence-electron chi connectivity index (χ0n) is 15.2. The predicted molar refractivity (Wildman–Crippen MR) is 101 cm³/mol. The first-order valence-corrected chi connectivity index (χ1v) is 8.42. The number of amides is 1. The van der Waals surface area contributed by atoms with Gasteiger partial charge in [0, 0.05) is 5.69 Å². The summed E-state index contributed by atoms with van der Waals surface area (Å²) in [5.74, 6) is -0.200. The summed E-state index contributed by atoms with van der Waals surface area (Å²) in [4.78, 5) is 12.1. The molecule has 4 N–H and O–H groups in total. The van der Waals surface area contributed by atoms with E-state index in [4.69, 9.17) is 10.5 Å². The molecule has 0 saturated heterocycles. The van der Waals surface area contributed by atoms with Crippen LogP contribution < -0.4 is 15.8 Å². The van der Waals surface area contributed by atoms with Crippen molar-refractivity contribution in [3.8, 4) is 5.75 Å². The van der Waals surface area contributed by atoms with E-state index in [0.717, 1.165) is 16.8 Å². The van der Waals surface area contributed by atoms with Crippen LogP contribution in [0, 0.1) is 20.8 Å². The van der Waals surface area contributed by atoms with E-state index in [0.29, 0.717) is 17.9 Å². The molecular formula is C20H26N2O3. The average Bonchev–Trinajstić information content (AvgIpc) is 2.55. The second kappa shape index (κ2) is 8.03. The second-order valence-corrected chi connectivity index (χ2v) is 6.27. The lowest BCUT2D eigenvalue weighted by Gasteiger charge is -2.20. The molecule has 5 heteroatoms. The van der Waals surface area contributed by atoms with Gasteiger partial charge >= 0.3 is 0 Å². The number of hydrogen-bond donors (Lipinski definition) is 3. The summed E-state index contributed by atoms with van der Waals surface area (Å²) in [6.45, 7) is 7.87. The Hall–Kier alpha value is -2.53. The fourth-order valence-corrected chi connectivity index (χ4v) is 2.93. The summed E-state index contributed by atoms with van der Waals surface area (Å²) in [5, 5.41) is 12.7. The van der Waals surface area contributed by atoms with E-state index >= 15 is 0 Å². The Kier molecular flexibility index (Phi) is 6.04. The molecule has 2 aromatic rings.